The van der Waals surface area contributed by atoms with Crippen LogP contribution in [0.15, 0.2) is 48.5 Å². The minimum atomic E-state index is -1.19. The number of hydrogen-bond acceptors (Lipinski definition) is 2. The van der Waals surface area contributed by atoms with Crippen molar-refractivity contribution >= 4 is 76.8 Å². The Kier molecular flexibility index (Phi) is 5.89. The second kappa shape index (κ2) is 8.55. The molecule has 2 N–H and O–H groups in total. The maximum atomic E-state index is 4.87. The van der Waals surface area contributed by atoms with Crippen LogP contribution >= 0.6 is 30.4 Å². The van der Waals surface area contributed by atoms with E-state index in [9.17, 15) is 0 Å². The first-order valence-corrected chi connectivity index (χ1v) is 12.5. The second-order valence-corrected chi connectivity index (χ2v) is 11.2. The third-order valence-corrected chi connectivity index (χ3v) is 4.04. The molecule has 2 aliphatic rings. The standard InChI is InChI=1S/C20H14N4.3ClH.Co/c1-2-14-10-16-5-6-18(23-16)12-20-8-7-19(24-20)11-17-4-3-15(22-17)9-13(1)21-14;;;;/h1-12,21,24H;3*1H;/q;;;;+3/p-3. The fourth-order valence-electron chi connectivity index (χ4n) is 2.94. The molecular formula is C20H14Cl3CoN4. The summed E-state index contributed by atoms with van der Waals surface area (Å²) in [5, 5.41) is 0. The Bertz CT molecular complexity index is 1050. The number of nitrogens with zero attached hydrogens (tertiary/aromatic N) is 2. The van der Waals surface area contributed by atoms with Crippen molar-refractivity contribution in [2.45, 2.75) is 0 Å². The van der Waals surface area contributed by atoms with E-state index in [0.29, 0.717) is 0 Å². The number of aromatic amines is 2. The van der Waals surface area contributed by atoms with Gasteiger partial charge in [-0.2, -0.15) is 0 Å². The number of halogens is 3. The van der Waals surface area contributed by atoms with Gasteiger partial charge in [-0.1, -0.05) is 0 Å². The van der Waals surface area contributed by atoms with Gasteiger partial charge in [-0.25, -0.2) is 9.97 Å². The number of H-pyrrole nitrogens is 2. The van der Waals surface area contributed by atoms with Gasteiger partial charge < -0.3 is 9.97 Å². The molecule has 4 nitrogen and oxygen atoms in total. The zero-order valence-electron chi connectivity index (χ0n) is 14.3. The molecule has 5 heterocycles. The SMILES string of the molecule is C1=Cc2cc3ccc(cc4nc(cc5ccc(cc1n2)[nH]5)C=C4)[nH]3.[Cl][Co]([Cl])[Cl]. The Balaban J connectivity index is 0.000000442. The molecule has 28 heavy (non-hydrogen) atoms. The van der Waals surface area contributed by atoms with Crippen molar-refractivity contribution in [3.05, 3.63) is 71.3 Å². The fourth-order valence-corrected chi connectivity index (χ4v) is 2.94. The van der Waals surface area contributed by atoms with Crippen LogP contribution in [-0.2, 0) is 10.9 Å². The quantitative estimate of drug-likeness (QED) is 0.261. The Morgan fingerprint density at radius 1 is 0.536 bits per heavy atom. The molecule has 0 spiro atoms. The molecule has 0 unspecified atom stereocenters. The molecule has 0 radical (unpaired) electrons. The van der Waals surface area contributed by atoms with Crippen LogP contribution in [-0.4, -0.2) is 19.9 Å². The molecule has 5 rings (SSSR count). The van der Waals surface area contributed by atoms with E-state index in [1.807, 2.05) is 48.6 Å². The van der Waals surface area contributed by atoms with Gasteiger partial charge >= 0.3 is 41.4 Å². The summed E-state index contributed by atoms with van der Waals surface area (Å²) in [4.78, 5) is 16.0. The van der Waals surface area contributed by atoms with E-state index in [-0.39, 0.29) is 0 Å². The van der Waals surface area contributed by atoms with Crippen LogP contribution in [0.3, 0.4) is 0 Å². The second-order valence-electron chi connectivity index (χ2n) is 6.05. The molecule has 8 bridgehead atoms. The first kappa shape index (κ1) is 19.3. The molecule has 0 fully saturated rings. The van der Waals surface area contributed by atoms with Crippen LogP contribution in [0.1, 0.15) is 22.8 Å². The van der Waals surface area contributed by atoms with Gasteiger partial charge in [-0.15, -0.1) is 0 Å². The molecule has 0 saturated heterocycles. The van der Waals surface area contributed by atoms with Crippen LogP contribution < -0.4 is 0 Å². The van der Waals surface area contributed by atoms with E-state index in [1.54, 1.807) is 0 Å². The molecule has 0 amide bonds. The maximum absolute atomic E-state index is 4.87. The number of hydrogen-bond donors (Lipinski definition) is 2. The number of aromatic nitrogens is 4. The van der Waals surface area contributed by atoms with Crippen LogP contribution in [0.5, 0.6) is 0 Å². The van der Waals surface area contributed by atoms with Gasteiger partial charge in [0.15, 0.2) is 0 Å². The summed E-state index contributed by atoms with van der Waals surface area (Å²) in [5.74, 6) is 0. The molecule has 3 aromatic rings. The molecule has 8 heteroatoms. The summed E-state index contributed by atoms with van der Waals surface area (Å²) in [6.07, 6.45) is 8.09. The molecular weight excluding hydrogens is 462 g/mol. The van der Waals surface area contributed by atoms with Gasteiger partial charge in [0.25, 0.3) is 0 Å². The van der Waals surface area contributed by atoms with Crippen molar-refractivity contribution in [3.63, 3.8) is 0 Å². The minimum absolute atomic E-state index is 0.939. The molecule has 0 atom stereocenters. The Morgan fingerprint density at radius 3 is 1.04 bits per heavy atom. The first-order valence-electron chi connectivity index (χ1n) is 8.22. The average Bonchev–Trinajstić information content (AvgIpc) is 3.39. The molecule has 144 valence electrons. The van der Waals surface area contributed by atoms with E-state index in [4.69, 9.17) is 30.4 Å². The predicted molar refractivity (Wildman–Crippen MR) is 116 cm³/mol. The molecule has 0 saturated carbocycles. The number of nitrogens with one attached hydrogen (secondary N) is 2. The molecule has 0 aliphatic carbocycles. The van der Waals surface area contributed by atoms with E-state index < -0.39 is 10.9 Å². The van der Waals surface area contributed by atoms with Crippen molar-refractivity contribution in [3.8, 4) is 0 Å². The van der Waals surface area contributed by atoms with Gasteiger partial charge in [-0.3, -0.25) is 0 Å². The van der Waals surface area contributed by atoms with Gasteiger partial charge in [-0.05, 0) is 72.8 Å². The van der Waals surface area contributed by atoms with Gasteiger partial charge in [0, 0.05) is 22.1 Å². The van der Waals surface area contributed by atoms with Crippen molar-refractivity contribution in [2.24, 2.45) is 0 Å². The average molecular weight is 476 g/mol. The summed E-state index contributed by atoms with van der Waals surface area (Å²) in [5.41, 5.74) is 7.86. The fraction of sp³-hybridized carbons (Fsp3) is 0. The monoisotopic (exact) mass is 474 g/mol. The molecule has 0 aromatic carbocycles. The number of rotatable bonds is 0. The summed E-state index contributed by atoms with van der Waals surface area (Å²) in [7, 11) is 13.4. The zero-order valence-corrected chi connectivity index (χ0v) is 17.6. The van der Waals surface area contributed by atoms with Crippen LogP contribution in [0, 0.1) is 0 Å². The van der Waals surface area contributed by atoms with E-state index in [0.717, 1.165) is 44.8 Å². The van der Waals surface area contributed by atoms with Gasteiger partial charge in [0.05, 0.1) is 22.8 Å². The third kappa shape index (κ3) is 5.07. The summed E-state index contributed by atoms with van der Waals surface area (Å²) in [6.45, 7) is 0. The van der Waals surface area contributed by atoms with Crippen molar-refractivity contribution in [2.75, 3.05) is 0 Å². The summed E-state index contributed by atoms with van der Waals surface area (Å²) in [6, 6.07) is 16.4. The molecule has 2 aliphatic heterocycles. The van der Waals surface area contributed by atoms with Crippen molar-refractivity contribution < 1.29 is 10.9 Å². The van der Waals surface area contributed by atoms with E-state index >= 15 is 0 Å². The summed E-state index contributed by atoms with van der Waals surface area (Å²) >= 11 is 0. The van der Waals surface area contributed by atoms with Crippen LogP contribution in [0.2, 0.25) is 0 Å². The van der Waals surface area contributed by atoms with Crippen molar-refractivity contribution in [1.82, 2.24) is 19.9 Å². The summed E-state index contributed by atoms with van der Waals surface area (Å²) < 4.78 is 0. The normalized spacial score (nSPS) is 12.5. The van der Waals surface area contributed by atoms with Gasteiger partial charge in [0.1, 0.15) is 0 Å². The predicted octanol–water partition coefficient (Wildman–Crippen LogP) is 6.72. The Labute approximate surface area is 178 Å². The Hall–Kier alpha value is -2.02. The molecule has 3 aromatic heterocycles. The van der Waals surface area contributed by atoms with E-state index in [2.05, 4.69) is 44.2 Å². The zero-order chi connectivity index (χ0) is 19.5. The van der Waals surface area contributed by atoms with E-state index in [1.165, 1.54) is 0 Å². The number of fused-ring (bicyclic) bond motifs is 8. The third-order valence-electron chi connectivity index (χ3n) is 4.04. The first-order chi connectivity index (χ1) is 13.5. The van der Waals surface area contributed by atoms with Crippen LogP contribution in [0.4, 0.5) is 0 Å². The van der Waals surface area contributed by atoms with Crippen molar-refractivity contribution in [1.29, 1.82) is 0 Å². The Morgan fingerprint density at radius 2 is 0.786 bits per heavy atom. The topological polar surface area (TPSA) is 57.4 Å². The van der Waals surface area contributed by atoms with Crippen LogP contribution in [0.25, 0.3) is 46.4 Å². The van der Waals surface area contributed by atoms with Gasteiger partial charge in [0.2, 0.25) is 0 Å².